The third-order valence-electron chi connectivity index (χ3n) is 5.08. The molecule has 30 heavy (non-hydrogen) atoms. The Morgan fingerprint density at radius 3 is 2.33 bits per heavy atom. The molecule has 0 bridgehead atoms. The van der Waals surface area contributed by atoms with E-state index in [2.05, 4.69) is 10.2 Å². The fourth-order valence-corrected chi connectivity index (χ4v) is 3.35. The Balaban J connectivity index is 1.47. The van der Waals surface area contributed by atoms with Crippen LogP contribution < -0.4 is 15.0 Å². The fourth-order valence-electron chi connectivity index (χ4n) is 3.35. The molecule has 1 heterocycles. The first-order chi connectivity index (χ1) is 14.4. The van der Waals surface area contributed by atoms with Crippen LogP contribution in [-0.4, -0.2) is 63.2 Å². The lowest BCUT2D eigenvalue weighted by atomic mass is 10.1. The van der Waals surface area contributed by atoms with Gasteiger partial charge in [-0.3, -0.25) is 9.59 Å². The molecule has 1 fully saturated rings. The van der Waals surface area contributed by atoms with Gasteiger partial charge in [0.05, 0.1) is 19.8 Å². The molecule has 1 N–H and O–H groups in total. The van der Waals surface area contributed by atoms with E-state index in [9.17, 15) is 9.59 Å². The monoisotopic (exact) mass is 411 g/mol. The number of hydrogen-bond acceptors (Lipinski definition) is 5. The zero-order valence-electron chi connectivity index (χ0n) is 17.8. The van der Waals surface area contributed by atoms with E-state index in [1.807, 2.05) is 56.3 Å². The molecule has 2 aromatic carbocycles. The summed E-state index contributed by atoms with van der Waals surface area (Å²) < 4.78 is 11.1. The topological polar surface area (TPSA) is 71.1 Å². The number of nitrogens with zero attached hydrogens (tertiary/aromatic N) is 2. The highest BCUT2D eigenvalue weighted by Crippen LogP contribution is 2.22. The fraction of sp³-hybridized carbons (Fsp3) is 0.391. The van der Waals surface area contributed by atoms with Gasteiger partial charge >= 0.3 is 0 Å². The quantitative estimate of drug-likeness (QED) is 0.758. The number of amides is 2. The minimum absolute atomic E-state index is 0.0415. The van der Waals surface area contributed by atoms with E-state index in [0.29, 0.717) is 11.4 Å². The number of morpholine rings is 1. The van der Waals surface area contributed by atoms with Crippen molar-refractivity contribution >= 4 is 23.2 Å². The third-order valence-corrected chi connectivity index (χ3v) is 5.08. The molecule has 2 aromatic rings. The van der Waals surface area contributed by atoms with Gasteiger partial charge in [0.15, 0.2) is 6.61 Å². The zero-order valence-corrected chi connectivity index (χ0v) is 17.8. The maximum absolute atomic E-state index is 12.4. The second-order valence-electron chi connectivity index (χ2n) is 7.45. The van der Waals surface area contributed by atoms with Gasteiger partial charge in [0.1, 0.15) is 5.75 Å². The lowest BCUT2D eigenvalue weighted by Gasteiger charge is -2.28. The number of anilines is 2. The van der Waals surface area contributed by atoms with Crippen LogP contribution in [-0.2, 0) is 14.3 Å². The standard InChI is InChI=1S/C23H29N3O4/c1-17-5-4-6-18(2)23(17)30-16-22(28)25(3)15-21(27)24-19-7-9-20(10-8-19)26-11-13-29-14-12-26/h4-10H,11-16H2,1-3H3,(H,24,27). The van der Waals surface area contributed by atoms with Gasteiger partial charge in [0.2, 0.25) is 5.91 Å². The SMILES string of the molecule is Cc1cccc(C)c1OCC(=O)N(C)CC(=O)Nc1ccc(N2CCOCC2)cc1. The number of hydrogen-bond donors (Lipinski definition) is 1. The molecular weight excluding hydrogens is 382 g/mol. The van der Waals surface area contributed by atoms with E-state index in [4.69, 9.17) is 9.47 Å². The van der Waals surface area contributed by atoms with E-state index >= 15 is 0 Å². The van der Waals surface area contributed by atoms with Crippen LogP contribution in [0.5, 0.6) is 5.75 Å². The maximum atomic E-state index is 12.4. The van der Waals surface area contributed by atoms with Crippen LogP contribution in [0.25, 0.3) is 0 Å². The van der Waals surface area contributed by atoms with Crippen LogP contribution in [0.2, 0.25) is 0 Å². The molecule has 0 atom stereocenters. The van der Waals surface area contributed by atoms with Gasteiger partial charge in [0, 0.05) is 31.5 Å². The van der Waals surface area contributed by atoms with Gasteiger partial charge in [0.25, 0.3) is 5.91 Å². The Hall–Kier alpha value is -3.06. The summed E-state index contributed by atoms with van der Waals surface area (Å²) >= 11 is 0. The number of likely N-dealkylation sites (N-methyl/N-ethyl adjacent to an activating group) is 1. The minimum atomic E-state index is -0.254. The first kappa shape index (κ1) is 21.6. The molecular formula is C23H29N3O4. The predicted octanol–water partition coefficient (Wildman–Crippen LogP) is 2.62. The normalized spacial score (nSPS) is 13.6. The highest BCUT2D eigenvalue weighted by Gasteiger charge is 2.15. The predicted molar refractivity (Wildman–Crippen MR) is 117 cm³/mol. The smallest absolute Gasteiger partial charge is 0.260 e. The Morgan fingerprint density at radius 1 is 1.07 bits per heavy atom. The summed E-state index contributed by atoms with van der Waals surface area (Å²) in [5, 5.41) is 2.83. The minimum Gasteiger partial charge on any atom is -0.483 e. The van der Waals surface area contributed by atoms with Crippen LogP contribution in [0.4, 0.5) is 11.4 Å². The van der Waals surface area contributed by atoms with Crippen LogP contribution in [0.3, 0.4) is 0 Å². The molecule has 0 unspecified atom stereocenters. The molecule has 0 aliphatic carbocycles. The second kappa shape index (κ2) is 10.1. The van der Waals surface area contributed by atoms with Crippen LogP contribution >= 0.6 is 0 Å². The van der Waals surface area contributed by atoms with E-state index in [1.54, 1.807) is 7.05 Å². The molecule has 0 spiro atoms. The summed E-state index contributed by atoms with van der Waals surface area (Å²) in [6.07, 6.45) is 0. The highest BCUT2D eigenvalue weighted by atomic mass is 16.5. The molecule has 7 nitrogen and oxygen atoms in total. The van der Waals surface area contributed by atoms with Crippen molar-refractivity contribution in [1.29, 1.82) is 0 Å². The first-order valence-electron chi connectivity index (χ1n) is 10.1. The number of rotatable bonds is 7. The highest BCUT2D eigenvalue weighted by molar-refractivity contribution is 5.94. The number of para-hydroxylation sites is 1. The van der Waals surface area contributed by atoms with Crippen molar-refractivity contribution in [2.45, 2.75) is 13.8 Å². The molecule has 0 radical (unpaired) electrons. The van der Waals surface area contributed by atoms with Gasteiger partial charge < -0.3 is 24.6 Å². The molecule has 7 heteroatoms. The van der Waals surface area contributed by atoms with E-state index in [1.165, 1.54) is 4.90 Å². The molecule has 0 saturated carbocycles. The number of carbonyl (C=O) groups excluding carboxylic acids is 2. The molecule has 160 valence electrons. The summed E-state index contributed by atoms with van der Waals surface area (Å²) in [7, 11) is 1.59. The van der Waals surface area contributed by atoms with Crippen molar-refractivity contribution in [2.75, 3.05) is 56.7 Å². The van der Waals surface area contributed by atoms with Crippen LogP contribution in [0.15, 0.2) is 42.5 Å². The third kappa shape index (κ3) is 5.73. The summed E-state index contributed by atoms with van der Waals surface area (Å²) in [6.45, 7) is 6.91. The summed E-state index contributed by atoms with van der Waals surface area (Å²) in [4.78, 5) is 28.3. The van der Waals surface area contributed by atoms with Gasteiger partial charge in [-0.1, -0.05) is 18.2 Å². The van der Waals surface area contributed by atoms with E-state index in [-0.39, 0.29) is 25.0 Å². The first-order valence-corrected chi connectivity index (χ1v) is 10.1. The van der Waals surface area contributed by atoms with Crippen LogP contribution in [0, 0.1) is 13.8 Å². The Labute approximate surface area is 177 Å². The van der Waals surface area contributed by atoms with Gasteiger partial charge in [-0.05, 0) is 49.2 Å². The zero-order chi connectivity index (χ0) is 21.5. The number of aryl methyl sites for hydroxylation is 2. The summed E-state index contributed by atoms with van der Waals surface area (Å²) in [5.74, 6) is 0.205. The molecule has 2 amide bonds. The average molecular weight is 412 g/mol. The Bertz CT molecular complexity index is 856. The Morgan fingerprint density at radius 2 is 1.70 bits per heavy atom. The maximum Gasteiger partial charge on any atom is 0.260 e. The average Bonchev–Trinajstić information content (AvgIpc) is 2.74. The number of ether oxygens (including phenoxy) is 2. The molecule has 0 aromatic heterocycles. The van der Waals surface area contributed by atoms with Crippen molar-refractivity contribution in [3.8, 4) is 5.75 Å². The van der Waals surface area contributed by atoms with Crippen LogP contribution in [0.1, 0.15) is 11.1 Å². The number of benzene rings is 2. The number of carbonyl (C=O) groups is 2. The second-order valence-corrected chi connectivity index (χ2v) is 7.45. The van der Waals surface area contributed by atoms with Crippen molar-refractivity contribution < 1.29 is 19.1 Å². The number of nitrogens with one attached hydrogen (secondary N) is 1. The van der Waals surface area contributed by atoms with E-state index in [0.717, 1.165) is 43.1 Å². The van der Waals surface area contributed by atoms with E-state index < -0.39 is 0 Å². The lowest BCUT2D eigenvalue weighted by molar-refractivity contribution is -0.135. The molecule has 3 rings (SSSR count). The summed E-state index contributed by atoms with van der Waals surface area (Å²) in [5.41, 5.74) is 3.75. The van der Waals surface area contributed by atoms with Crippen molar-refractivity contribution in [2.24, 2.45) is 0 Å². The molecule has 1 saturated heterocycles. The summed E-state index contributed by atoms with van der Waals surface area (Å²) in [6, 6.07) is 13.5. The van der Waals surface area contributed by atoms with Gasteiger partial charge in [-0.15, -0.1) is 0 Å². The molecule has 1 aliphatic heterocycles. The lowest BCUT2D eigenvalue weighted by Crippen LogP contribution is -2.37. The van der Waals surface area contributed by atoms with Crippen molar-refractivity contribution in [1.82, 2.24) is 4.90 Å². The van der Waals surface area contributed by atoms with Gasteiger partial charge in [-0.2, -0.15) is 0 Å². The van der Waals surface area contributed by atoms with Crippen molar-refractivity contribution in [3.63, 3.8) is 0 Å². The molecule has 1 aliphatic rings. The Kier molecular flexibility index (Phi) is 7.30. The largest absolute Gasteiger partial charge is 0.483 e. The van der Waals surface area contributed by atoms with Gasteiger partial charge in [-0.25, -0.2) is 0 Å². The van der Waals surface area contributed by atoms with Crippen molar-refractivity contribution in [3.05, 3.63) is 53.6 Å².